The summed E-state index contributed by atoms with van der Waals surface area (Å²) in [5.41, 5.74) is 0.992. The van der Waals surface area contributed by atoms with Gasteiger partial charge in [0.15, 0.2) is 6.10 Å². The maximum atomic E-state index is 11.3. The number of hydrogen-bond acceptors (Lipinski definition) is 3. The van der Waals surface area contributed by atoms with Gasteiger partial charge in [-0.15, -0.1) is 24.8 Å². The fourth-order valence-corrected chi connectivity index (χ4v) is 2.00. The molecule has 1 aromatic rings. The van der Waals surface area contributed by atoms with E-state index in [0.29, 0.717) is 13.0 Å². The van der Waals surface area contributed by atoms with Crippen LogP contribution in [0.25, 0.3) is 0 Å². The molecule has 21 heavy (non-hydrogen) atoms. The Morgan fingerprint density at radius 1 is 1.24 bits per heavy atom. The molecule has 0 fully saturated rings. The summed E-state index contributed by atoms with van der Waals surface area (Å²) in [7, 11) is 3.93. The lowest BCUT2D eigenvalue weighted by Gasteiger charge is -2.25. The predicted octanol–water partition coefficient (Wildman–Crippen LogP) is 3.23. The highest BCUT2D eigenvalue weighted by molar-refractivity contribution is 5.85. The lowest BCUT2D eigenvalue weighted by atomic mass is 10.1. The van der Waals surface area contributed by atoms with Crippen LogP contribution in [-0.4, -0.2) is 42.2 Å². The van der Waals surface area contributed by atoms with Gasteiger partial charge in [-0.2, -0.15) is 0 Å². The van der Waals surface area contributed by atoms with Crippen molar-refractivity contribution in [1.82, 2.24) is 4.90 Å². The third kappa shape index (κ3) is 8.27. The molecule has 0 aliphatic heterocycles. The predicted molar refractivity (Wildman–Crippen MR) is 89.5 cm³/mol. The van der Waals surface area contributed by atoms with Gasteiger partial charge in [-0.05, 0) is 32.5 Å². The largest absolute Gasteiger partial charge is 0.479 e. The molecule has 0 saturated carbocycles. The number of nitrogens with zero attached hydrogens (tertiary/aromatic N) is 1. The number of carbonyl (C=O) groups is 1. The highest BCUT2D eigenvalue weighted by Crippen LogP contribution is 2.13. The quantitative estimate of drug-likeness (QED) is 0.791. The molecule has 0 heterocycles. The van der Waals surface area contributed by atoms with Gasteiger partial charge in [-0.3, -0.25) is 0 Å². The van der Waals surface area contributed by atoms with E-state index < -0.39 is 12.1 Å². The number of carboxylic acids is 1. The first kappa shape index (κ1) is 22.5. The number of aliphatic carboxylic acids is 1. The fourth-order valence-electron chi connectivity index (χ4n) is 2.00. The Balaban J connectivity index is 0. The van der Waals surface area contributed by atoms with E-state index in [9.17, 15) is 9.90 Å². The molecular weight excluding hydrogens is 313 g/mol. The maximum absolute atomic E-state index is 11.3. The average molecular weight is 338 g/mol. The van der Waals surface area contributed by atoms with Crippen molar-refractivity contribution in [2.45, 2.75) is 38.5 Å². The van der Waals surface area contributed by atoms with Crippen molar-refractivity contribution >= 4 is 30.8 Å². The molecule has 2 unspecified atom stereocenters. The van der Waals surface area contributed by atoms with Crippen LogP contribution >= 0.6 is 24.8 Å². The summed E-state index contributed by atoms with van der Waals surface area (Å²) in [6, 6.07) is 9.85. The third-order valence-corrected chi connectivity index (χ3v) is 3.26. The van der Waals surface area contributed by atoms with Crippen molar-refractivity contribution in [1.29, 1.82) is 0 Å². The van der Waals surface area contributed by atoms with E-state index in [2.05, 4.69) is 6.92 Å². The molecule has 0 radical (unpaired) electrons. The number of benzene rings is 1. The van der Waals surface area contributed by atoms with Crippen LogP contribution in [0, 0.1) is 0 Å². The summed E-state index contributed by atoms with van der Waals surface area (Å²) in [4.78, 5) is 13.3. The average Bonchev–Trinajstić information content (AvgIpc) is 2.39. The molecule has 0 aromatic heterocycles. The molecule has 0 bridgehead atoms. The van der Waals surface area contributed by atoms with Gasteiger partial charge < -0.3 is 14.7 Å². The Morgan fingerprint density at radius 3 is 2.24 bits per heavy atom. The summed E-state index contributed by atoms with van der Waals surface area (Å²) in [6.07, 6.45) is 0.657. The molecule has 4 nitrogen and oxygen atoms in total. The molecule has 122 valence electrons. The van der Waals surface area contributed by atoms with Crippen LogP contribution in [0.3, 0.4) is 0 Å². The number of ether oxygens (including phenoxy) is 1. The zero-order valence-corrected chi connectivity index (χ0v) is 14.3. The first-order valence-electron chi connectivity index (χ1n) is 6.59. The minimum atomic E-state index is -0.892. The molecule has 0 spiro atoms. The second-order valence-corrected chi connectivity index (χ2v) is 4.88. The molecule has 0 saturated heterocycles. The van der Waals surface area contributed by atoms with Crippen molar-refractivity contribution in [3.63, 3.8) is 0 Å². The minimum Gasteiger partial charge on any atom is -0.479 e. The van der Waals surface area contributed by atoms with Gasteiger partial charge in [-0.1, -0.05) is 37.3 Å². The SMILES string of the molecule is CCC(CC(OCc1ccccc1)C(=O)O)N(C)C.Cl.Cl. The van der Waals surface area contributed by atoms with Gasteiger partial charge in [0, 0.05) is 6.04 Å². The molecule has 1 rings (SSSR count). The van der Waals surface area contributed by atoms with Crippen LogP contribution < -0.4 is 0 Å². The van der Waals surface area contributed by atoms with Gasteiger partial charge in [0.25, 0.3) is 0 Å². The van der Waals surface area contributed by atoms with Crippen molar-refractivity contribution in [2.75, 3.05) is 14.1 Å². The summed E-state index contributed by atoms with van der Waals surface area (Å²) in [6.45, 7) is 2.39. The van der Waals surface area contributed by atoms with Crippen molar-refractivity contribution in [2.24, 2.45) is 0 Å². The molecule has 0 aliphatic rings. The molecular formula is C15H25Cl2NO3. The Bertz CT molecular complexity index is 388. The summed E-state index contributed by atoms with van der Waals surface area (Å²) in [5, 5.41) is 9.23. The fraction of sp³-hybridized carbons (Fsp3) is 0.533. The molecule has 0 amide bonds. The summed E-state index contributed by atoms with van der Waals surface area (Å²) >= 11 is 0. The number of halogens is 2. The van der Waals surface area contributed by atoms with E-state index in [1.54, 1.807) is 0 Å². The third-order valence-electron chi connectivity index (χ3n) is 3.26. The second kappa shape index (κ2) is 11.8. The Hall–Kier alpha value is -0.810. The van der Waals surface area contributed by atoms with E-state index in [1.165, 1.54) is 0 Å². The standard InChI is InChI=1S/C15H23NO3.2ClH/c1-4-13(16(2)3)10-14(15(17)18)19-11-12-8-6-5-7-9-12;;/h5-9,13-14H,4,10-11H2,1-3H3,(H,17,18);2*1H. The number of carboxylic acid groups (broad SMARTS) is 1. The van der Waals surface area contributed by atoms with E-state index in [-0.39, 0.29) is 30.9 Å². The minimum absolute atomic E-state index is 0. The number of rotatable bonds is 8. The molecule has 6 heteroatoms. The van der Waals surface area contributed by atoms with Crippen LogP contribution in [0.4, 0.5) is 0 Å². The normalized spacial score (nSPS) is 13.0. The van der Waals surface area contributed by atoms with E-state index in [4.69, 9.17) is 4.74 Å². The molecule has 2 atom stereocenters. The molecule has 1 N–H and O–H groups in total. The smallest absolute Gasteiger partial charge is 0.332 e. The van der Waals surface area contributed by atoms with Crippen LogP contribution in [0.5, 0.6) is 0 Å². The van der Waals surface area contributed by atoms with Gasteiger partial charge in [-0.25, -0.2) is 4.79 Å². The zero-order valence-electron chi connectivity index (χ0n) is 12.7. The van der Waals surface area contributed by atoms with Crippen LogP contribution in [0.15, 0.2) is 30.3 Å². The highest BCUT2D eigenvalue weighted by Gasteiger charge is 2.23. The Kier molecular flexibility index (Phi) is 12.6. The van der Waals surface area contributed by atoms with Crippen molar-refractivity contribution in [3.8, 4) is 0 Å². The first-order valence-corrected chi connectivity index (χ1v) is 6.59. The van der Waals surface area contributed by atoms with E-state index in [1.807, 2.05) is 49.3 Å². The number of hydrogen-bond donors (Lipinski definition) is 1. The van der Waals surface area contributed by atoms with Crippen LogP contribution in [-0.2, 0) is 16.1 Å². The van der Waals surface area contributed by atoms with Gasteiger partial charge in [0.2, 0.25) is 0 Å². The summed E-state index contributed by atoms with van der Waals surface area (Å²) < 4.78 is 5.55. The lowest BCUT2D eigenvalue weighted by molar-refractivity contribution is -0.152. The Morgan fingerprint density at radius 2 is 1.81 bits per heavy atom. The lowest BCUT2D eigenvalue weighted by Crippen LogP contribution is -2.35. The first-order chi connectivity index (χ1) is 9.04. The monoisotopic (exact) mass is 337 g/mol. The van der Waals surface area contributed by atoms with Crippen LogP contribution in [0.1, 0.15) is 25.3 Å². The van der Waals surface area contributed by atoms with Gasteiger partial charge in [0.1, 0.15) is 0 Å². The second-order valence-electron chi connectivity index (χ2n) is 4.88. The van der Waals surface area contributed by atoms with Gasteiger partial charge >= 0.3 is 5.97 Å². The van der Waals surface area contributed by atoms with Gasteiger partial charge in [0.05, 0.1) is 6.61 Å². The van der Waals surface area contributed by atoms with Crippen LogP contribution in [0.2, 0.25) is 0 Å². The molecule has 1 aromatic carbocycles. The van der Waals surface area contributed by atoms with Crippen molar-refractivity contribution < 1.29 is 14.6 Å². The Labute approximate surface area is 139 Å². The highest BCUT2D eigenvalue weighted by atomic mass is 35.5. The topological polar surface area (TPSA) is 49.8 Å². The van der Waals surface area contributed by atoms with E-state index in [0.717, 1.165) is 12.0 Å². The maximum Gasteiger partial charge on any atom is 0.332 e. The molecule has 0 aliphatic carbocycles. The summed E-state index contributed by atoms with van der Waals surface area (Å²) in [5.74, 6) is -0.892. The zero-order chi connectivity index (χ0) is 14.3. The van der Waals surface area contributed by atoms with E-state index >= 15 is 0 Å². The van der Waals surface area contributed by atoms with Crippen molar-refractivity contribution in [3.05, 3.63) is 35.9 Å².